The van der Waals surface area contributed by atoms with Gasteiger partial charge in [-0.15, -0.1) is 0 Å². The molecule has 0 N–H and O–H groups in total. The van der Waals surface area contributed by atoms with Gasteiger partial charge >= 0.3 is 0 Å². The average Bonchev–Trinajstić information content (AvgIpc) is 3.60. The monoisotopic (exact) mass is 470 g/mol. The maximum atomic E-state index is 10.1. The minimum absolute atomic E-state index is 0.154. The number of benzene rings is 3. The van der Waals surface area contributed by atoms with Gasteiger partial charge < -0.3 is 23.4 Å². The van der Waals surface area contributed by atoms with Gasteiger partial charge in [0.05, 0.1) is 0 Å². The molecule has 4 aromatic rings. The molecule has 0 saturated carbocycles. The smallest absolute Gasteiger partial charge is 0.238 e. The summed E-state index contributed by atoms with van der Waals surface area (Å²) in [7, 11) is 0. The van der Waals surface area contributed by atoms with Gasteiger partial charge in [-0.25, -0.2) is 4.99 Å². The Hall–Kier alpha value is -4.41. The number of aliphatic imine (C=N–C) groups is 1. The number of halogens is 1. The second-order valence-corrected chi connectivity index (χ2v) is 7.98. The first-order valence-electron chi connectivity index (χ1n) is 10.4. The number of nitriles is 1. The van der Waals surface area contributed by atoms with Crippen molar-refractivity contribution in [2.75, 3.05) is 13.6 Å². The van der Waals surface area contributed by atoms with Crippen molar-refractivity contribution in [1.82, 2.24) is 0 Å². The molecular formula is C26H15ClN2O5. The molecule has 0 unspecified atom stereocenters. The van der Waals surface area contributed by atoms with E-state index in [-0.39, 0.29) is 19.5 Å². The fourth-order valence-electron chi connectivity index (χ4n) is 3.86. The molecule has 0 radical (unpaired) electrons. The van der Waals surface area contributed by atoms with Gasteiger partial charge in [0.25, 0.3) is 0 Å². The van der Waals surface area contributed by atoms with Crippen LogP contribution in [0.4, 0.5) is 5.88 Å². The summed E-state index contributed by atoms with van der Waals surface area (Å²) in [5.41, 5.74) is 3.19. The summed E-state index contributed by atoms with van der Waals surface area (Å²) >= 11 is 5.97. The van der Waals surface area contributed by atoms with Crippen molar-refractivity contribution in [3.8, 4) is 51.5 Å². The van der Waals surface area contributed by atoms with Crippen LogP contribution in [0.3, 0.4) is 0 Å². The van der Waals surface area contributed by atoms with E-state index in [4.69, 9.17) is 35.0 Å². The van der Waals surface area contributed by atoms with Crippen LogP contribution in [0.25, 0.3) is 22.5 Å². The van der Waals surface area contributed by atoms with Gasteiger partial charge in [-0.05, 0) is 53.6 Å². The zero-order chi connectivity index (χ0) is 23.1. The number of hydrogen-bond donors (Lipinski definition) is 0. The maximum Gasteiger partial charge on any atom is 0.238 e. The molecule has 3 heterocycles. The van der Waals surface area contributed by atoms with Crippen LogP contribution in [0, 0.1) is 11.3 Å². The number of hydrogen-bond acceptors (Lipinski definition) is 7. The van der Waals surface area contributed by atoms with Crippen LogP contribution in [-0.2, 0) is 0 Å². The molecule has 0 amide bonds. The van der Waals surface area contributed by atoms with Crippen LogP contribution in [0.15, 0.2) is 70.1 Å². The quantitative estimate of drug-likeness (QED) is 0.323. The van der Waals surface area contributed by atoms with Crippen molar-refractivity contribution >= 4 is 23.7 Å². The normalized spacial score (nSPS) is 13.4. The van der Waals surface area contributed by atoms with Crippen LogP contribution in [0.2, 0.25) is 5.02 Å². The summed E-state index contributed by atoms with van der Waals surface area (Å²) < 4.78 is 28.1. The molecule has 7 nitrogen and oxygen atoms in total. The molecule has 0 atom stereocenters. The Labute approximate surface area is 199 Å². The number of ether oxygens (including phenoxy) is 4. The number of nitrogens with zero attached hydrogens (tertiary/aromatic N) is 2. The van der Waals surface area contributed by atoms with Gasteiger partial charge in [-0.2, -0.15) is 5.26 Å². The Morgan fingerprint density at radius 1 is 0.794 bits per heavy atom. The molecule has 2 aliphatic heterocycles. The minimum atomic E-state index is 0.154. The second-order valence-electron chi connectivity index (χ2n) is 7.54. The van der Waals surface area contributed by atoms with Crippen LogP contribution in [-0.4, -0.2) is 19.8 Å². The highest BCUT2D eigenvalue weighted by Crippen LogP contribution is 2.47. The van der Waals surface area contributed by atoms with Crippen molar-refractivity contribution in [1.29, 1.82) is 5.26 Å². The van der Waals surface area contributed by atoms with Gasteiger partial charge in [0, 0.05) is 22.4 Å². The highest BCUT2D eigenvalue weighted by atomic mass is 35.5. The van der Waals surface area contributed by atoms with E-state index in [0.29, 0.717) is 44.9 Å². The van der Waals surface area contributed by atoms with Crippen LogP contribution in [0.1, 0.15) is 11.1 Å². The Morgan fingerprint density at radius 3 is 2.09 bits per heavy atom. The highest BCUT2D eigenvalue weighted by Gasteiger charge is 2.26. The SMILES string of the molecule is N#Cc1c(N=Cc2ccc(Cl)cc2)oc(-c2ccc3c(c2)OCO3)c1-c1ccc2c(c1)OCO2. The first-order chi connectivity index (χ1) is 16.7. The van der Waals surface area contributed by atoms with E-state index in [1.54, 1.807) is 18.3 Å². The van der Waals surface area contributed by atoms with Gasteiger partial charge in [-0.1, -0.05) is 29.8 Å². The zero-order valence-electron chi connectivity index (χ0n) is 17.6. The van der Waals surface area contributed by atoms with Crippen molar-refractivity contribution in [2.45, 2.75) is 0 Å². The van der Waals surface area contributed by atoms with Crippen molar-refractivity contribution in [3.63, 3.8) is 0 Å². The first-order valence-corrected chi connectivity index (χ1v) is 10.7. The summed E-state index contributed by atoms with van der Waals surface area (Å²) in [6.45, 7) is 0.312. The molecule has 1 aromatic heterocycles. The lowest BCUT2D eigenvalue weighted by Crippen LogP contribution is -1.93. The van der Waals surface area contributed by atoms with Gasteiger partial charge in [0.2, 0.25) is 19.5 Å². The molecule has 0 aliphatic carbocycles. The lowest BCUT2D eigenvalue weighted by atomic mass is 9.97. The van der Waals surface area contributed by atoms with Crippen LogP contribution >= 0.6 is 11.6 Å². The standard InChI is InChI=1S/C26H15ClN2O5/c27-18-5-1-15(2-6-18)12-29-26-19(11-28)24(16-3-7-20-22(9-16)32-13-30-20)25(34-26)17-4-8-21-23(10-17)33-14-31-21/h1-10,12H,13-14H2. The average molecular weight is 471 g/mol. The molecule has 34 heavy (non-hydrogen) atoms. The maximum absolute atomic E-state index is 10.1. The van der Waals surface area contributed by atoms with Gasteiger partial charge in [-0.3, -0.25) is 0 Å². The molecule has 0 spiro atoms. The van der Waals surface area contributed by atoms with Crippen LogP contribution in [0.5, 0.6) is 23.0 Å². The van der Waals surface area contributed by atoms with Gasteiger partial charge in [0.15, 0.2) is 23.0 Å². The highest BCUT2D eigenvalue weighted by molar-refractivity contribution is 6.30. The molecule has 166 valence electrons. The molecular weight excluding hydrogens is 456 g/mol. The molecule has 0 fully saturated rings. The largest absolute Gasteiger partial charge is 0.454 e. The van der Waals surface area contributed by atoms with E-state index in [9.17, 15) is 5.26 Å². The topological polar surface area (TPSA) is 86.2 Å². The second kappa shape index (κ2) is 8.18. The predicted octanol–water partition coefficient (Wildman–Crippen LogP) is 6.35. The summed E-state index contributed by atoms with van der Waals surface area (Å²) in [4.78, 5) is 4.49. The Kier molecular flexibility index (Phi) is 4.86. The summed E-state index contributed by atoms with van der Waals surface area (Å²) in [6, 6.07) is 20.5. The fourth-order valence-corrected chi connectivity index (χ4v) is 3.99. The summed E-state index contributed by atoms with van der Waals surface area (Å²) in [5.74, 6) is 3.19. The lowest BCUT2D eigenvalue weighted by molar-refractivity contribution is 0.173. The van der Waals surface area contributed by atoms with E-state index in [2.05, 4.69) is 11.1 Å². The van der Waals surface area contributed by atoms with E-state index >= 15 is 0 Å². The number of furan rings is 1. The first kappa shape index (κ1) is 20.2. The van der Waals surface area contributed by atoms with E-state index in [1.807, 2.05) is 48.5 Å². The molecule has 0 bridgehead atoms. The number of rotatable bonds is 4. The fraction of sp³-hybridized carbons (Fsp3) is 0.0769. The lowest BCUT2D eigenvalue weighted by Gasteiger charge is -2.06. The zero-order valence-corrected chi connectivity index (χ0v) is 18.3. The summed E-state index contributed by atoms with van der Waals surface area (Å²) in [5, 5.41) is 10.7. The molecule has 0 saturated heterocycles. The summed E-state index contributed by atoms with van der Waals surface area (Å²) in [6.07, 6.45) is 1.63. The minimum Gasteiger partial charge on any atom is -0.454 e. The van der Waals surface area contributed by atoms with E-state index < -0.39 is 0 Å². The van der Waals surface area contributed by atoms with E-state index in [1.165, 1.54) is 0 Å². The third-order valence-corrected chi connectivity index (χ3v) is 5.75. The molecule has 3 aromatic carbocycles. The Bertz CT molecular complexity index is 1480. The third-order valence-electron chi connectivity index (χ3n) is 5.50. The molecule has 2 aliphatic rings. The Morgan fingerprint density at radius 2 is 1.41 bits per heavy atom. The van der Waals surface area contributed by atoms with Crippen LogP contribution < -0.4 is 18.9 Å². The van der Waals surface area contributed by atoms with Crippen molar-refractivity contribution < 1.29 is 23.4 Å². The molecule has 8 heteroatoms. The number of fused-ring (bicyclic) bond motifs is 2. The van der Waals surface area contributed by atoms with Crippen molar-refractivity contribution in [3.05, 3.63) is 76.8 Å². The van der Waals surface area contributed by atoms with Gasteiger partial charge in [0.1, 0.15) is 17.4 Å². The van der Waals surface area contributed by atoms with Crippen molar-refractivity contribution in [2.24, 2.45) is 4.99 Å². The van der Waals surface area contributed by atoms with E-state index in [0.717, 1.165) is 16.7 Å². The molecule has 6 rings (SSSR count). The predicted molar refractivity (Wildman–Crippen MR) is 125 cm³/mol. The Balaban J connectivity index is 1.52. The third kappa shape index (κ3) is 3.51.